The average molecular weight is 152 g/mol. The smallest absolute Gasteiger partial charge is 0.309 e. The van der Waals surface area contributed by atoms with Gasteiger partial charge in [-0.25, -0.2) is 0 Å². The topological polar surface area (TPSA) is 26.3 Å². The Hall–Kier alpha value is -0.530. The van der Waals surface area contributed by atoms with Gasteiger partial charge in [0, 0.05) is 5.92 Å². The van der Waals surface area contributed by atoms with Crippen LogP contribution in [0.4, 0.5) is 0 Å². The Morgan fingerprint density at radius 2 is 2.27 bits per heavy atom. The Morgan fingerprint density at radius 1 is 1.45 bits per heavy atom. The number of ether oxygens (including phenoxy) is 1. The first-order valence-corrected chi connectivity index (χ1v) is 4.48. The molecule has 0 radical (unpaired) electrons. The molecule has 11 heavy (non-hydrogen) atoms. The fourth-order valence-electron chi connectivity index (χ4n) is 3.25. The largest absolute Gasteiger partial charge is 0.462 e. The minimum atomic E-state index is 0.0897. The Balaban J connectivity index is 2.04. The van der Waals surface area contributed by atoms with E-state index >= 15 is 0 Å². The van der Waals surface area contributed by atoms with Crippen LogP contribution >= 0.6 is 0 Å². The van der Waals surface area contributed by atoms with Crippen LogP contribution in [0, 0.1) is 23.7 Å². The van der Waals surface area contributed by atoms with Gasteiger partial charge in [-0.15, -0.1) is 0 Å². The van der Waals surface area contributed by atoms with E-state index in [9.17, 15) is 4.79 Å². The molecule has 3 aliphatic rings. The quantitative estimate of drug-likeness (QED) is 0.487. The molecule has 3 fully saturated rings. The van der Waals surface area contributed by atoms with E-state index in [1.54, 1.807) is 0 Å². The minimum Gasteiger partial charge on any atom is -0.462 e. The van der Waals surface area contributed by atoms with Crippen LogP contribution in [-0.2, 0) is 9.53 Å². The van der Waals surface area contributed by atoms with Gasteiger partial charge in [-0.1, -0.05) is 6.92 Å². The third kappa shape index (κ3) is 0.534. The molecule has 5 unspecified atom stereocenters. The van der Waals surface area contributed by atoms with Crippen LogP contribution in [0.25, 0.3) is 0 Å². The van der Waals surface area contributed by atoms with Gasteiger partial charge in [-0.05, 0) is 24.7 Å². The van der Waals surface area contributed by atoms with E-state index < -0.39 is 0 Å². The lowest BCUT2D eigenvalue weighted by Gasteiger charge is -2.20. The molecule has 0 N–H and O–H groups in total. The first kappa shape index (κ1) is 6.04. The fraction of sp³-hybridized carbons (Fsp3) is 0.889. The third-order valence-electron chi connectivity index (χ3n) is 3.89. The summed E-state index contributed by atoms with van der Waals surface area (Å²) >= 11 is 0. The lowest BCUT2D eigenvalue weighted by molar-refractivity contribution is -0.144. The van der Waals surface area contributed by atoms with Crippen LogP contribution in [0.5, 0.6) is 0 Å². The molecule has 3 rings (SSSR count). The van der Waals surface area contributed by atoms with Gasteiger partial charge in [0.15, 0.2) is 0 Å². The lowest BCUT2D eigenvalue weighted by atomic mass is 9.83. The molecule has 0 aromatic carbocycles. The summed E-state index contributed by atoms with van der Waals surface area (Å²) < 4.78 is 5.31. The maximum Gasteiger partial charge on any atom is 0.309 e. The maximum absolute atomic E-state index is 11.2. The summed E-state index contributed by atoms with van der Waals surface area (Å²) in [5.41, 5.74) is 0. The minimum absolute atomic E-state index is 0.0897. The highest BCUT2D eigenvalue weighted by Gasteiger charge is 2.59. The predicted molar refractivity (Wildman–Crippen MR) is 38.7 cm³/mol. The van der Waals surface area contributed by atoms with Crippen molar-refractivity contribution in [1.82, 2.24) is 0 Å². The highest BCUT2D eigenvalue weighted by atomic mass is 16.6. The molecule has 0 aromatic heterocycles. The first-order valence-electron chi connectivity index (χ1n) is 4.48. The summed E-state index contributed by atoms with van der Waals surface area (Å²) in [6.07, 6.45) is 2.66. The molecule has 2 aliphatic carbocycles. The molecule has 0 spiro atoms. The highest BCUT2D eigenvalue weighted by Crippen LogP contribution is 2.56. The van der Waals surface area contributed by atoms with Gasteiger partial charge in [0.05, 0.1) is 5.92 Å². The van der Waals surface area contributed by atoms with Crippen molar-refractivity contribution in [2.24, 2.45) is 23.7 Å². The van der Waals surface area contributed by atoms with E-state index in [1.807, 2.05) is 0 Å². The molecule has 2 saturated carbocycles. The number of carbonyl (C=O) groups is 1. The van der Waals surface area contributed by atoms with Gasteiger partial charge in [-0.2, -0.15) is 0 Å². The lowest BCUT2D eigenvalue weighted by Crippen LogP contribution is -2.24. The zero-order chi connectivity index (χ0) is 7.59. The van der Waals surface area contributed by atoms with Crippen LogP contribution < -0.4 is 0 Å². The zero-order valence-electron chi connectivity index (χ0n) is 6.62. The van der Waals surface area contributed by atoms with Crippen LogP contribution in [-0.4, -0.2) is 12.1 Å². The number of esters is 1. The van der Waals surface area contributed by atoms with Gasteiger partial charge >= 0.3 is 5.97 Å². The molecule has 1 heterocycles. The van der Waals surface area contributed by atoms with Gasteiger partial charge in [-0.3, -0.25) is 4.79 Å². The van der Waals surface area contributed by atoms with Crippen molar-refractivity contribution in [3.8, 4) is 0 Å². The standard InChI is InChI=1S/C9H12O2/c1-4-5-2-6-7(3-5)9(10)11-8(4)6/h4-8H,2-3H2,1H3. The summed E-state index contributed by atoms with van der Waals surface area (Å²) in [7, 11) is 0. The maximum atomic E-state index is 11.2. The summed E-state index contributed by atoms with van der Waals surface area (Å²) in [6, 6.07) is 0. The monoisotopic (exact) mass is 152 g/mol. The molecule has 0 amide bonds. The Bertz CT molecular complexity index is 224. The van der Waals surface area contributed by atoms with E-state index in [0.29, 0.717) is 23.9 Å². The second-order valence-electron chi connectivity index (χ2n) is 4.26. The average Bonchev–Trinajstić information content (AvgIpc) is 2.53. The zero-order valence-corrected chi connectivity index (χ0v) is 6.62. The van der Waals surface area contributed by atoms with Gasteiger partial charge in [0.1, 0.15) is 6.10 Å². The summed E-state index contributed by atoms with van der Waals surface area (Å²) in [6.45, 7) is 2.23. The van der Waals surface area contributed by atoms with Crippen molar-refractivity contribution in [3.05, 3.63) is 0 Å². The SMILES string of the molecule is CC1C2CC3C(=O)OC1C3C2. The number of hydrogen-bond acceptors (Lipinski definition) is 2. The summed E-state index contributed by atoms with van der Waals surface area (Å²) in [5.74, 6) is 2.42. The van der Waals surface area contributed by atoms with E-state index in [0.717, 1.165) is 12.3 Å². The van der Waals surface area contributed by atoms with Crippen LogP contribution in [0.2, 0.25) is 0 Å². The van der Waals surface area contributed by atoms with E-state index in [2.05, 4.69) is 6.92 Å². The molecule has 5 atom stereocenters. The van der Waals surface area contributed by atoms with Crippen molar-refractivity contribution in [1.29, 1.82) is 0 Å². The second-order valence-corrected chi connectivity index (χ2v) is 4.26. The number of hydrogen-bond donors (Lipinski definition) is 0. The predicted octanol–water partition coefficient (Wildman–Crippen LogP) is 1.20. The Labute approximate surface area is 65.9 Å². The molecular weight excluding hydrogens is 140 g/mol. The normalized spacial score (nSPS) is 58.6. The van der Waals surface area contributed by atoms with Crippen molar-refractivity contribution in [3.63, 3.8) is 0 Å². The van der Waals surface area contributed by atoms with E-state index in [1.165, 1.54) is 6.42 Å². The van der Waals surface area contributed by atoms with E-state index in [-0.39, 0.29) is 5.97 Å². The molecule has 2 nitrogen and oxygen atoms in total. The van der Waals surface area contributed by atoms with E-state index in [4.69, 9.17) is 4.74 Å². The van der Waals surface area contributed by atoms with Gasteiger partial charge in [0.2, 0.25) is 0 Å². The third-order valence-corrected chi connectivity index (χ3v) is 3.89. The molecule has 1 saturated heterocycles. The molecule has 2 bridgehead atoms. The number of rotatable bonds is 0. The number of carbonyl (C=O) groups excluding carboxylic acids is 1. The van der Waals surface area contributed by atoms with Crippen LogP contribution in [0.3, 0.4) is 0 Å². The van der Waals surface area contributed by atoms with Gasteiger partial charge in [0.25, 0.3) is 0 Å². The molecule has 2 heteroatoms. The van der Waals surface area contributed by atoms with Gasteiger partial charge < -0.3 is 4.74 Å². The number of fused-ring (bicyclic) bond motifs is 1. The first-order chi connectivity index (χ1) is 5.27. The fourth-order valence-corrected chi connectivity index (χ4v) is 3.25. The second kappa shape index (κ2) is 1.62. The van der Waals surface area contributed by atoms with Crippen molar-refractivity contribution < 1.29 is 9.53 Å². The van der Waals surface area contributed by atoms with Crippen LogP contribution in [0.1, 0.15) is 19.8 Å². The van der Waals surface area contributed by atoms with Crippen molar-refractivity contribution in [2.75, 3.05) is 0 Å². The Morgan fingerprint density at radius 3 is 2.91 bits per heavy atom. The molecular formula is C9H12O2. The highest BCUT2D eigenvalue weighted by molar-refractivity contribution is 5.76. The van der Waals surface area contributed by atoms with Crippen molar-refractivity contribution in [2.45, 2.75) is 25.9 Å². The molecule has 1 aliphatic heterocycles. The molecule has 60 valence electrons. The summed E-state index contributed by atoms with van der Waals surface area (Å²) in [4.78, 5) is 11.2. The molecule has 0 aromatic rings. The van der Waals surface area contributed by atoms with Crippen LogP contribution in [0.15, 0.2) is 0 Å². The Kier molecular flexibility index (Phi) is 0.890. The summed E-state index contributed by atoms with van der Waals surface area (Å²) in [5, 5.41) is 0. The van der Waals surface area contributed by atoms with Crippen molar-refractivity contribution >= 4 is 5.97 Å².